The van der Waals surface area contributed by atoms with Crippen LogP contribution in [-0.4, -0.2) is 25.4 Å². The monoisotopic (exact) mass is 221 g/mol. The molecule has 3 heteroatoms. The fraction of sp³-hybridized carbons (Fsp3) is 0.538. The van der Waals surface area contributed by atoms with Crippen molar-refractivity contribution in [3.8, 4) is 5.75 Å². The van der Waals surface area contributed by atoms with Crippen molar-refractivity contribution >= 4 is 0 Å². The van der Waals surface area contributed by atoms with E-state index in [4.69, 9.17) is 15.2 Å². The first-order valence-electron chi connectivity index (χ1n) is 5.64. The van der Waals surface area contributed by atoms with Crippen molar-refractivity contribution < 1.29 is 9.47 Å². The Morgan fingerprint density at radius 1 is 1.31 bits per heavy atom. The molecule has 3 nitrogen and oxygen atoms in total. The van der Waals surface area contributed by atoms with Gasteiger partial charge in [0.05, 0.1) is 0 Å². The van der Waals surface area contributed by atoms with Gasteiger partial charge in [-0.25, -0.2) is 0 Å². The Labute approximate surface area is 96.5 Å². The van der Waals surface area contributed by atoms with Crippen molar-refractivity contribution in [3.63, 3.8) is 0 Å². The Morgan fingerprint density at radius 2 is 2.06 bits per heavy atom. The van der Waals surface area contributed by atoms with Crippen molar-refractivity contribution in [3.05, 3.63) is 29.3 Å². The summed E-state index contributed by atoms with van der Waals surface area (Å²) in [6.07, 6.45) is 0.992. The van der Waals surface area contributed by atoms with Gasteiger partial charge >= 0.3 is 0 Å². The SMILES string of the molecule is COC1C(N)CC1Oc1cc(C)ccc1C. The lowest BCUT2D eigenvalue weighted by Crippen LogP contribution is -2.59. The molecule has 88 valence electrons. The average molecular weight is 221 g/mol. The van der Waals surface area contributed by atoms with Crippen LogP contribution >= 0.6 is 0 Å². The van der Waals surface area contributed by atoms with Gasteiger partial charge in [0.15, 0.2) is 0 Å². The first kappa shape index (κ1) is 11.4. The van der Waals surface area contributed by atoms with E-state index in [0.29, 0.717) is 0 Å². The predicted octanol–water partition coefficient (Wildman–Crippen LogP) is 1.80. The van der Waals surface area contributed by atoms with Crippen molar-refractivity contribution in [1.29, 1.82) is 0 Å². The maximum Gasteiger partial charge on any atom is 0.128 e. The summed E-state index contributed by atoms with van der Waals surface area (Å²) in [5.74, 6) is 0.943. The molecule has 0 aliphatic heterocycles. The van der Waals surface area contributed by atoms with Crippen LogP contribution in [0.25, 0.3) is 0 Å². The Kier molecular flexibility index (Phi) is 3.17. The van der Waals surface area contributed by atoms with Gasteiger partial charge in [-0.2, -0.15) is 0 Å². The van der Waals surface area contributed by atoms with E-state index in [1.165, 1.54) is 5.56 Å². The highest BCUT2D eigenvalue weighted by atomic mass is 16.5. The molecule has 3 atom stereocenters. The highest BCUT2D eigenvalue weighted by Crippen LogP contribution is 2.29. The zero-order valence-corrected chi connectivity index (χ0v) is 10.1. The van der Waals surface area contributed by atoms with E-state index in [9.17, 15) is 0 Å². The van der Waals surface area contributed by atoms with Gasteiger partial charge in [-0.1, -0.05) is 12.1 Å². The van der Waals surface area contributed by atoms with Gasteiger partial charge in [-0.05, 0) is 31.0 Å². The van der Waals surface area contributed by atoms with Crippen LogP contribution in [0, 0.1) is 13.8 Å². The average Bonchev–Trinajstić information content (AvgIpc) is 2.23. The third-order valence-corrected chi connectivity index (χ3v) is 3.19. The van der Waals surface area contributed by atoms with E-state index in [2.05, 4.69) is 32.0 Å². The van der Waals surface area contributed by atoms with Gasteiger partial charge in [0, 0.05) is 19.6 Å². The Hall–Kier alpha value is -1.06. The third kappa shape index (κ3) is 2.06. The van der Waals surface area contributed by atoms with Crippen LogP contribution in [0.5, 0.6) is 5.75 Å². The molecule has 0 amide bonds. The summed E-state index contributed by atoms with van der Waals surface area (Å²) in [5, 5.41) is 0. The number of methoxy groups -OCH3 is 1. The molecule has 0 saturated heterocycles. The summed E-state index contributed by atoms with van der Waals surface area (Å²) in [6, 6.07) is 6.33. The summed E-state index contributed by atoms with van der Waals surface area (Å²) in [5.41, 5.74) is 8.20. The van der Waals surface area contributed by atoms with E-state index in [1.807, 2.05) is 0 Å². The number of ether oxygens (including phenoxy) is 2. The maximum absolute atomic E-state index is 5.93. The van der Waals surface area contributed by atoms with Crippen molar-refractivity contribution in [2.24, 2.45) is 5.73 Å². The van der Waals surface area contributed by atoms with Gasteiger partial charge < -0.3 is 15.2 Å². The minimum absolute atomic E-state index is 0.0277. The molecule has 2 rings (SSSR count). The molecule has 1 saturated carbocycles. The molecule has 1 aromatic rings. The second-order valence-electron chi connectivity index (χ2n) is 4.53. The molecular formula is C13H19NO2. The van der Waals surface area contributed by atoms with Crippen LogP contribution in [0.15, 0.2) is 18.2 Å². The number of rotatable bonds is 3. The van der Waals surface area contributed by atoms with Crippen LogP contribution in [0.3, 0.4) is 0 Å². The predicted molar refractivity (Wildman–Crippen MR) is 63.7 cm³/mol. The van der Waals surface area contributed by atoms with E-state index < -0.39 is 0 Å². The number of hydrogen-bond acceptors (Lipinski definition) is 3. The van der Waals surface area contributed by atoms with Crippen molar-refractivity contribution in [1.82, 2.24) is 0 Å². The topological polar surface area (TPSA) is 44.5 Å². The van der Waals surface area contributed by atoms with Crippen LogP contribution in [0.1, 0.15) is 17.5 Å². The van der Waals surface area contributed by atoms with Crippen LogP contribution < -0.4 is 10.5 Å². The van der Waals surface area contributed by atoms with Crippen molar-refractivity contribution in [2.45, 2.75) is 38.5 Å². The van der Waals surface area contributed by atoms with E-state index in [1.54, 1.807) is 7.11 Å². The molecule has 16 heavy (non-hydrogen) atoms. The second kappa shape index (κ2) is 4.44. The molecule has 1 aliphatic carbocycles. The smallest absolute Gasteiger partial charge is 0.128 e. The molecule has 3 unspecified atom stereocenters. The Bertz CT molecular complexity index is 378. The lowest BCUT2D eigenvalue weighted by Gasteiger charge is -2.41. The van der Waals surface area contributed by atoms with Crippen LogP contribution in [0.4, 0.5) is 0 Å². The van der Waals surface area contributed by atoms with E-state index >= 15 is 0 Å². The molecule has 2 N–H and O–H groups in total. The maximum atomic E-state index is 5.93. The molecule has 0 spiro atoms. The molecule has 0 aromatic heterocycles. The zero-order valence-electron chi connectivity index (χ0n) is 10.1. The van der Waals surface area contributed by atoms with E-state index in [-0.39, 0.29) is 18.2 Å². The normalized spacial score (nSPS) is 28.6. The molecule has 1 fully saturated rings. The highest BCUT2D eigenvalue weighted by Gasteiger charge is 2.41. The minimum atomic E-state index is 0.0277. The summed E-state index contributed by atoms with van der Waals surface area (Å²) in [7, 11) is 1.68. The fourth-order valence-corrected chi connectivity index (χ4v) is 2.06. The van der Waals surface area contributed by atoms with Gasteiger partial charge in [-0.15, -0.1) is 0 Å². The second-order valence-corrected chi connectivity index (χ2v) is 4.53. The minimum Gasteiger partial charge on any atom is -0.487 e. The largest absolute Gasteiger partial charge is 0.487 e. The lowest BCUT2D eigenvalue weighted by atomic mass is 9.86. The van der Waals surface area contributed by atoms with Crippen molar-refractivity contribution in [2.75, 3.05) is 7.11 Å². The van der Waals surface area contributed by atoms with Gasteiger partial charge in [0.1, 0.15) is 18.0 Å². The summed E-state index contributed by atoms with van der Waals surface area (Å²) >= 11 is 0. The fourth-order valence-electron chi connectivity index (χ4n) is 2.06. The van der Waals surface area contributed by atoms with Crippen LogP contribution in [-0.2, 0) is 4.74 Å². The molecular weight excluding hydrogens is 202 g/mol. The highest BCUT2D eigenvalue weighted by molar-refractivity contribution is 5.36. The summed E-state index contributed by atoms with van der Waals surface area (Å²) < 4.78 is 11.2. The zero-order chi connectivity index (χ0) is 11.7. The quantitative estimate of drug-likeness (QED) is 0.846. The van der Waals surface area contributed by atoms with Crippen LogP contribution in [0.2, 0.25) is 0 Å². The molecule has 0 radical (unpaired) electrons. The molecule has 1 aliphatic rings. The number of hydrogen-bond donors (Lipinski definition) is 1. The number of nitrogens with two attached hydrogens (primary N) is 1. The number of benzene rings is 1. The summed E-state index contributed by atoms with van der Waals surface area (Å²) in [6.45, 7) is 4.11. The third-order valence-electron chi connectivity index (χ3n) is 3.19. The first-order valence-corrected chi connectivity index (χ1v) is 5.64. The first-order chi connectivity index (χ1) is 7.61. The van der Waals surface area contributed by atoms with E-state index in [0.717, 1.165) is 17.7 Å². The standard InChI is InChI=1S/C13H19NO2/c1-8-4-5-9(2)11(6-8)16-12-7-10(14)13(12)15-3/h4-6,10,12-13H,7,14H2,1-3H3. The Balaban J connectivity index is 2.07. The molecule has 1 aromatic carbocycles. The lowest BCUT2D eigenvalue weighted by molar-refractivity contribution is -0.0784. The number of aryl methyl sites for hydroxylation is 2. The summed E-state index contributed by atoms with van der Waals surface area (Å²) in [4.78, 5) is 0. The van der Waals surface area contributed by atoms with Gasteiger partial charge in [0.2, 0.25) is 0 Å². The van der Waals surface area contributed by atoms with Gasteiger partial charge in [0.25, 0.3) is 0 Å². The Morgan fingerprint density at radius 3 is 2.69 bits per heavy atom. The molecule has 0 bridgehead atoms. The van der Waals surface area contributed by atoms with Gasteiger partial charge in [-0.3, -0.25) is 0 Å². The molecule has 0 heterocycles.